The molecule has 0 bridgehead atoms. The number of aliphatic hydroxyl groups is 1. The number of Topliss-reactive ketones (excluding diaryl/α,β-unsaturated/α-hetero) is 1. The maximum absolute atomic E-state index is 13.4. The highest BCUT2D eigenvalue weighted by molar-refractivity contribution is 6.46. The number of carbonyl (C=O) groups excluding carboxylic acids is 2. The summed E-state index contributed by atoms with van der Waals surface area (Å²) < 4.78 is 24.1. The van der Waals surface area contributed by atoms with E-state index < -0.39 is 23.5 Å². The van der Waals surface area contributed by atoms with E-state index in [9.17, 15) is 19.1 Å². The number of nitrogens with zero attached hydrogens (tertiary/aromatic N) is 1. The molecular weight excluding hydrogens is 449 g/mol. The third-order valence-corrected chi connectivity index (χ3v) is 6.14. The summed E-state index contributed by atoms with van der Waals surface area (Å²) in [7, 11) is 3.10. The van der Waals surface area contributed by atoms with E-state index in [0.717, 1.165) is 11.1 Å². The van der Waals surface area contributed by atoms with Gasteiger partial charge in [-0.05, 0) is 60.9 Å². The van der Waals surface area contributed by atoms with Crippen LogP contribution in [0.4, 0.5) is 4.39 Å². The molecule has 6 nitrogen and oxygen atoms in total. The molecule has 35 heavy (non-hydrogen) atoms. The highest BCUT2D eigenvalue weighted by Crippen LogP contribution is 2.39. The predicted octanol–water partition coefficient (Wildman–Crippen LogP) is 4.82. The van der Waals surface area contributed by atoms with Crippen LogP contribution in [0, 0.1) is 12.7 Å². The van der Waals surface area contributed by atoms with Crippen molar-refractivity contribution in [3.05, 3.63) is 100 Å². The molecule has 1 aliphatic rings. The number of amides is 1. The number of carbonyl (C=O) groups is 2. The maximum atomic E-state index is 13.4. The molecule has 1 N–H and O–H groups in total. The summed E-state index contributed by atoms with van der Waals surface area (Å²) in [6.45, 7) is 2.18. The number of likely N-dealkylation sites (tertiary alicyclic amines) is 1. The van der Waals surface area contributed by atoms with Crippen LogP contribution in [-0.4, -0.2) is 42.5 Å². The Morgan fingerprint density at radius 1 is 0.943 bits per heavy atom. The van der Waals surface area contributed by atoms with Gasteiger partial charge in [-0.2, -0.15) is 0 Å². The number of benzene rings is 3. The SMILES string of the molecule is COc1ccc(CCN2C(=O)C(=O)C(=C(O)c3ccc(F)cc3)[C@H]2c2ccc(C)cc2)cc1OC. The van der Waals surface area contributed by atoms with Gasteiger partial charge in [-0.25, -0.2) is 4.39 Å². The van der Waals surface area contributed by atoms with E-state index in [0.29, 0.717) is 23.5 Å². The standard InChI is InChI=1S/C28H26FNO5/c1-17-4-7-19(8-5-17)25-24(26(31)20-9-11-21(29)12-10-20)27(32)28(33)30(25)15-14-18-6-13-22(34-2)23(16-18)35-3/h4-13,16,25,31H,14-15H2,1-3H3/t25-/m1/s1. The first kappa shape index (κ1) is 24.0. The number of methoxy groups -OCH3 is 2. The molecule has 0 aromatic heterocycles. The molecule has 1 aliphatic heterocycles. The molecule has 4 rings (SSSR count). The first-order valence-electron chi connectivity index (χ1n) is 11.2. The summed E-state index contributed by atoms with van der Waals surface area (Å²) in [6.07, 6.45) is 0.451. The Bertz CT molecular complexity index is 1280. The van der Waals surface area contributed by atoms with Crippen LogP contribution in [0.2, 0.25) is 0 Å². The Kier molecular flexibility index (Phi) is 6.87. The van der Waals surface area contributed by atoms with Gasteiger partial charge >= 0.3 is 0 Å². The molecule has 0 saturated carbocycles. The fourth-order valence-electron chi connectivity index (χ4n) is 4.25. The number of aryl methyl sites for hydroxylation is 1. The van der Waals surface area contributed by atoms with Crippen molar-refractivity contribution >= 4 is 17.4 Å². The third-order valence-electron chi connectivity index (χ3n) is 6.14. The number of hydrogen-bond acceptors (Lipinski definition) is 5. The van der Waals surface area contributed by atoms with Crippen LogP contribution in [0.25, 0.3) is 5.76 Å². The fourth-order valence-corrected chi connectivity index (χ4v) is 4.25. The lowest BCUT2D eigenvalue weighted by molar-refractivity contribution is -0.139. The zero-order valence-electron chi connectivity index (χ0n) is 19.7. The molecule has 180 valence electrons. The lowest BCUT2D eigenvalue weighted by Crippen LogP contribution is -2.31. The predicted molar refractivity (Wildman–Crippen MR) is 130 cm³/mol. The molecule has 0 radical (unpaired) electrons. The van der Waals surface area contributed by atoms with Crippen molar-refractivity contribution in [3.8, 4) is 11.5 Å². The van der Waals surface area contributed by atoms with Gasteiger partial charge < -0.3 is 19.5 Å². The van der Waals surface area contributed by atoms with Gasteiger partial charge in [0, 0.05) is 12.1 Å². The summed E-state index contributed by atoms with van der Waals surface area (Å²) >= 11 is 0. The van der Waals surface area contributed by atoms with Crippen LogP contribution < -0.4 is 9.47 Å². The number of rotatable bonds is 7. The van der Waals surface area contributed by atoms with Crippen molar-refractivity contribution in [1.82, 2.24) is 4.90 Å². The highest BCUT2D eigenvalue weighted by Gasteiger charge is 2.45. The first-order valence-corrected chi connectivity index (χ1v) is 11.2. The third kappa shape index (κ3) is 4.75. The normalized spacial score (nSPS) is 17.0. The van der Waals surface area contributed by atoms with Gasteiger partial charge in [0.1, 0.15) is 11.6 Å². The zero-order chi connectivity index (χ0) is 25.1. The lowest BCUT2D eigenvalue weighted by Gasteiger charge is -2.25. The molecule has 3 aromatic rings. The second-order valence-electron chi connectivity index (χ2n) is 8.35. The largest absolute Gasteiger partial charge is 0.507 e. The smallest absolute Gasteiger partial charge is 0.295 e. The maximum Gasteiger partial charge on any atom is 0.295 e. The Hall–Kier alpha value is -4.13. The van der Waals surface area contributed by atoms with E-state index in [1.807, 2.05) is 43.3 Å². The van der Waals surface area contributed by atoms with Gasteiger partial charge in [0.25, 0.3) is 11.7 Å². The molecule has 3 aromatic carbocycles. The second-order valence-corrected chi connectivity index (χ2v) is 8.35. The molecule has 1 heterocycles. The van der Waals surface area contributed by atoms with Crippen molar-refractivity contribution in [1.29, 1.82) is 0 Å². The number of halogens is 1. The van der Waals surface area contributed by atoms with E-state index in [-0.39, 0.29) is 23.4 Å². The number of aliphatic hydroxyl groups excluding tert-OH is 1. The van der Waals surface area contributed by atoms with Crippen molar-refractivity contribution in [2.75, 3.05) is 20.8 Å². The Morgan fingerprint density at radius 2 is 1.60 bits per heavy atom. The first-order chi connectivity index (χ1) is 16.8. The lowest BCUT2D eigenvalue weighted by atomic mass is 9.94. The minimum atomic E-state index is -0.777. The minimum Gasteiger partial charge on any atom is -0.507 e. The van der Waals surface area contributed by atoms with E-state index in [1.165, 1.54) is 29.2 Å². The fraction of sp³-hybridized carbons (Fsp3) is 0.214. The average molecular weight is 476 g/mol. The molecule has 0 spiro atoms. The van der Waals surface area contributed by atoms with Crippen LogP contribution in [-0.2, 0) is 16.0 Å². The Balaban J connectivity index is 1.73. The van der Waals surface area contributed by atoms with E-state index in [4.69, 9.17) is 9.47 Å². The highest BCUT2D eigenvalue weighted by atomic mass is 19.1. The van der Waals surface area contributed by atoms with Gasteiger partial charge in [-0.1, -0.05) is 35.9 Å². The Morgan fingerprint density at radius 3 is 2.23 bits per heavy atom. The molecule has 7 heteroatoms. The van der Waals surface area contributed by atoms with Crippen molar-refractivity contribution in [2.45, 2.75) is 19.4 Å². The van der Waals surface area contributed by atoms with Gasteiger partial charge in [-0.15, -0.1) is 0 Å². The molecule has 0 unspecified atom stereocenters. The van der Waals surface area contributed by atoms with Crippen LogP contribution in [0.3, 0.4) is 0 Å². The molecule has 1 fully saturated rings. The van der Waals surface area contributed by atoms with Gasteiger partial charge in [0.15, 0.2) is 11.5 Å². The van der Waals surface area contributed by atoms with Crippen molar-refractivity contribution in [2.24, 2.45) is 0 Å². The quantitative estimate of drug-likeness (QED) is 0.301. The number of ketones is 1. The summed E-state index contributed by atoms with van der Waals surface area (Å²) in [5.41, 5.74) is 2.87. The monoisotopic (exact) mass is 475 g/mol. The molecule has 0 aliphatic carbocycles. The van der Waals surface area contributed by atoms with E-state index in [1.54, 1.807) is 20.3 Å². The van der Waals surface area contributed by atoms with Gasteiger partial charge in [0.05, 0.1) is 25.8 Å². The number of hydrogen-bond donors (Lipinski definition) is 1. The zero-order valence-corrected chi connectivity index (χ0v) is 19.7. The summed E-state index contributed by atoms with van der Waals surface area (Å²) in [5.74, 6) is -1.10. The van der Waals surface area contributed by atoms with Crippen LogP contribution in [0.5, 0.6) is 11.5 Å². The van der Waals surface area contributed by atoms with Crippen molar-refractivity contribution < 1.29 is 28.6 Å². The van der Waals surface area contributed by atoms with E-state index >= 15 is 0 Å². The summed E-state index contributed by atoms with van der Waals surface area (Å²) in [6, 6.07) is 17.3. The summed E-state index contributed by atoms with van der Waals surface area (Å²) in [4.78, 5) is 27.7. The van der Waals surface area contributed by atoms with E-state index in [2.05, 4.69) is 0 Å². The second kappa shape index (κ2) is 10.0. The molecule has 1 saturated heterocycles. The van der Waals surface area contributed by atoms with Crippen LogP contribution >= 0.6 is 0 Å². The number of ether oxygens (including phenoxy) is 2. The van der Waals surface area contributed by atoms with Crippen LogP contribution in [0.1, 0.15) is 28.3 Å². The summed E-state index contributed by atoms with van der Waals surface area (Å²) in [5, 5.41) is 11.0. The van der Waals surface area contributed by atoms with Crippen LogP contribution in [0.15, 0.2) is 72.3 Å². The average Bonchev–Trinajstić information content (AvgIpc) is 3.12. The molecule has 1 atom stereocenters. The Labute approximate surface area is 203 Å². The van der Waals surface area contributed by atoms with Gasteiger partial charge in [-0.3, -0.25) is 9.59 Å². The minimum absolute atomic E-state index is 0.0160. The molecular formula is C28H26FNO5. The van der Waals surface area contributed by atoms with Crippen molar-refractivity contribution in [3.63, 3.8) is 0 Å². The van der Waals surface area contributed by atoms with Gasteiger partial charge in [0.2, 0.25) is 0 Å². The molecule has 1 amide bonds. The topological polar surface area (TPSA) is 76.1 Å².